The summed E-state index contributed by atoms with van der Waals surface area (Å²) in [6.45, 7) is 9.73. The molecular weight excluding hydrogens is 338 g/mol. The number of carbonyl (C=O) groups excluding carboxylic acids is 2. The molecule has 1 aliphatic heterocycles. The molecule has 5 nitrogen and oxygen atoms in total. The molecule has 0 bridgehead atoms. The molecule has 1 saturated heterocycles. The van der Waals surface area contributed by atoms with Gasteiger partial charge in [0.2, 0.25) is 5.91 Å². The number of hydrogen-bond donors (Lipinski definition) is 1. The van der Waals surface area contributed by atoms with Crippen molar-refractivity contribution in [3.63, 3.8) is 0 Å². The Hall–Kier alpha value is -2.66. The Morgan fingerprint density at radius 1 is 1.00 bits per heavy atom. The predicted molar refractivity (Wildman–Crippen MR) is 110 cm³/mol. The van der Waals surface area contributed by atoms with E-state index in [1.54, 1.807) is 18.2 Å². The smallest absolute Gasteiger partial charge is 0.238 e. The SMILES string of the molecule is CC(=O)c1cccc(NC(=O)CN2CCN(c3cccc(C)c3C)CC2)c1. The van der Waals surface area contributed by atoms with Crippen LogP contribution in [0.25, 0.3) is 0 Å². The zero-order chi connectivity index (χ0) is 19.4. The third-order valence-electron chi connectivity index (χ3n) is 5.21. The Bertz CT molecular complexity index is 839. The number of nitrogens with zero attached hydrogens (tertiary/aromatic N) is 2. The molecule has 0 saturated carbocycles. The number of Topliss-reactive ketones (excluding diaryl/α,β-unsaturated/α-hetero) is 1. The van der Waals surface area contributed by atoms with Crippen LogP contribution in [-0.4, -0.2) is 49.3 Å². The summed E-state index contributed by atoms with van der Waals surface area (Å²) in [6, 6.07) is 13.5. The Labute approximate surface area is 161 Å². The van der Waals surface area contributed by atoms with Crippen LogP contribution in [0.1, 0.15) is 28.4 Å². The first-order chi connectivity index (χ1) is 12.9. The second-order valence-corrected chi connectivity index (χ2v) is 7.17. The van der Waals surface area contributed by atoms with Crippen LogP contribution in [0.15, 0.2) is 42.5 Å². The van der Waals surface area contributed by atoms with Gasteiger partial charge in [-0.1, -0.05) is 24.3 Å². The number of ketones is 1. The van der Waals surface area contributed by atoms with Crippen LogP contribution in [0.5, 0.6) is 0 Å². The first-order valence-corrected chi connectivity index (χ1v) is 9.38. The maximum atomic E-state index is 12.4. The molecule has 0 unspecified atom stereocenters. The fraction of sp³-hybridized carbons (Fsp3) is 0.364. The number of piperazine rings is 1. The lowest BCUT2D eigenvalue weighted by atomic mass is 10.1. The highest BCUT2D eigenvalue weighted by Crippen LogP contribution is 2.23. The van der Waals surface area contributed by atoms with Crippen molar-refractivity contribution in [2.45, 2.75) is 20.8 Å². The number of nitrogens with one attached hydrogen (secondary N) is 1. The standard InChI is InChI=1S/C22H27N3O2/c1-16-6-4-9-21(17(16)2)25-12-10-24(11-13-25)15-22(27)23-20-8-5-7-19(14-20)18(3)26/h4-9,14H,10-13,15H2,1-3H3,(H,23,27). The number of anilines is 2. The van der Waals surface area contributed by atoms with Crippen LogP contribution in [0.2, 0.25) is 0 Å². The molecule has 1 aliphatic rings. The molecule has 0 spiro atoms. The monoisotopic (exact) mass is 365 g/mol. The minimum Gasteiger partial charge on any atom is -0.369 e. The lowest BCUT2D eigenvalue weighted by Gasteiger charge is -2.36. The highest BCUT2D eigenvalue weighted by Gasteiger charge is 2.20. The van der Waals surface area contributed by atoms with E-state index in [1.165, 1.54) is 23.7 Å². The van der Waals surface area contributed by atoms with Gasteiger partial charge in [0.1, 0.15) is 0 Å². The van der Waals surface area contributed by atoms with E-state index >= 15 is 0 Å². The van der Waals surface area contributed by atoms with Crippen LogP contribution >= 0.6 is 0 Å². The van der Waals surface area contributed by atoms with Crippen LogP contribution in [0.4, 0.5) is 11.4 Å². The zero-order valence-corrected chi connectivity index (χ0v) is 16.3. The summed E-state index contributed by atoms with van der Waals surface area (Å²) >= 11 is 0. The van der Waals surface area contributed by atoms with Crippen LogP contribution < -0.4 is 10.2 Å². The average Bonchev–Trinajstić information content (AvgIpc) is 2.65. The van der Waals surface area contributed by atoms with E-state index in [0.717, 1.165) is 26.2 Å². The van der Waals surface area contributed by atoms with Gasteiger partial charge in [0, 0.05) is 43.1 Å². The topological polar surface area (TPSA) is 52.7 Å². The molecule has 0 aliphatic carbocycles. The number of amides is 1. The van der Waals surface area contributed by atoms with Crippen molar-refractivity contribution in [1.82, 2.24) is 4.90 Å². The van der Waals surface area contributed by atoms with Crippen molar-refractivity contribution in [3.05, 3.63) is 59.2 Å². The van der Waals surface area contributed by atoms with E-state index in [0.29, 0.717) is 17.8 Å². The minimum atomic E-state index is -0.0455. The van der Waals surface area contributed by atoms with Crippen molar-refractivity contribution in [2.75, 3.05) is 42.9 Å². The summed E-state index contributed by atoms with van der Waals surface area (Å²) in [5, 5.41) is 2.90. The predicted octanol–water partition coefficient (Wildman–Crippen LogP) is 3.27. The van der Waals surface area contributed by atoms with Gasteiger partial charge in [-0.25, -0.2) is 0 Å². The molecule has 1 amide bonds. The lowest BCUT2D eigenvalue weighted by Crippen LogP contribution is -2.48. The third kappa shape index (κ3) is 4.74. The average molecular weight is 365 g/mol. The summed E-state index contributed by atoms with van der Waals surface area (Å²) in [7, 11) is 0. The van der Waals surface area contributed by atoms with Gasteiger partial charge in [-0.05, 0) is 50.1 Å². The summed E-state index contributed by atoms with van der Waals surface area (Å²) in [4.78, 5) is 28.4. The molecule has 2 aromatic carbocycles. The van der Waals surface area contributed by atoms with Gasteiger partial charge in [0.25, 0.3) is 0 Å². The Balaban J connectivity index is 1.53. The normalized spacial score (nSPS) is 14.9. The van der Waals surface area contributed by atoms with Crippen molar-refractivity contribution < 1.29 is 9.59 Å². The van der Waals surface area contributed by atoms with Gasteiger partial charge in [-0.3, -0.25) is 14.5 Å². The van der Waals surface area contributed by atoms with Crippen molar-refractivity contribution in [1.29, 1.82) is 0 Å². The molecule has 2 aromatic rings. The minimum absolute atomic E-state index is 0.00587. The van der Waals surface area contributed by atoms with Crippen molar-refractivity contribution in [3.8, 4) is 0 Å². The van der Waals surface area contributed by atoms with E-state index in [4.69, 9.17) is 0 Å². The van der Waals surface area contributed by atoms with E-state index in [9.17, 15) is 9.59 Å². The van der Waals surface area contributed by atoms with Crippen LogP contribution in [0.3, 0.4) is 0 Å². The molecule has 0 radical (unpaired) electrons. The van der Waals surface area contributed by atoms with Gasteiger partial charge in [0.05, 0.1) is 6.54 Å². The number of carbonyl (C=O) groups is 2. The fourth-order valence-electron chi connectivity index (χ4n) is 3.44. The molecule has 0 aromatic heterocycles. The van der Waals surface area contributed by atoms with E-state index in [1.807, 2.05) is 6.07 Å². The van der Waals surface area contributed by atoms with Gasteiger partial charge >= 0.3 is 0 Å². The van der Waals surface area contributed by atoms with Gasteiger partial charge < -0.3 is 10.2 Å². The molecule has 5 heteroatoms. The lowest BCUT2D eigenvalue weighted by molar-refractivity contribution is -0.117. The van der Waals surface area contributed by atoms with E-state index in [-0.39, 0.29) is 11.7 Å². The Morgan fingerprint density at radius 3 is 2.41 bits per heavy atom. The summed E-state index contributed by atoms with van der Waals surface area (Å²) in [5.41, 5.74) is 5.20. The highest BCUT2D eigenvalue weighted by molar-refractivity contribution is 5.97. The second kappa shape index (κ2) is 8.35. The number of benzene rings is 2. The largest absolute Gasteiger partial charge is 0.369 e. The molecule has 1 fully saturated rings. The Kier molecular flexibility index (Phi) is 5.91. The molecule has 1 N–H and O–H groups in total. The van der Waals surface area contributed by atoms with E-state index < -0.39 is 0 Å². The van der Waals surface area contributed by atoms with Crippen LogP contribution in [0, 0.1) is 13.8 Å². The maximum Gasteiger partial charge on any atom is 0.238 e. The van der Waals surface area contributed by atoms with E-state index in [2.05, 4.69) is 47.2 Å². The second-order valence-electron chi connectivity index (χ2n) is 7.17. The first-order valence-electron chi connectivity index (χ1n) is 9.38. The number of hydrogen-bond acceptors (Lipinski definition) is 4. The van der Waals surface area contributed by atoms with Gasteiger partial charge in [-0.15, -0.1) is 0 Å². The zero-order valence-electron chi connectivity index (χ0n) is 16.3. The highest BCUT2D eigenvalue weighted by atomic mass is 16.2. The molecular formula is C22H27N3O2. The molecule has 3 rings (SSSR count). The third-order valence-corrected chi connectivity index (χ3v) is 5.21. The quantitative estimate of drug-likeness (QED) is 0.827. The van der Waals surface area contributed by atoms with Crippen LogP contribution in [-0.2, 0) is 4.79 Å². The fourth-order valence-corrected chi connectivity index (χ4v) is 3.44. The Morgan fingerprint density at radius 2 is 1.70 bits per heavy atom. The van der Waals surface area contributed by atoms with Gasteiger partial charge in [-0.2, -0.15) is 0 Å². The molecule has 142 valence electrons. The summed E-state index contributed by atoms with van der Waals surface area (Å²) in [6.07, 6.45) is 0. The molecule has 1 heterocycles. The molecule has 27 heavy (non-hydrogen) atoms. The van der Waals surface area contributed by atoms with Gasteiger partial charge in [0.15, 0.2) is 5.78 Å². The number of aryl methyl sites for hydroxylation is 1. The summed E-state index contributed by atoms with van der Waals surface area (Å²) < 4.78 is 0. The van der Waals surface area contributed by atoms with Crippen molar-refractivity contribution >= 4 is 23.1 Å². The maximum absolute atomic E-state index is 12.4. The van der Waals surface area contributed by atoms with Crippen molar-refractivity contribution in [2.24, 2.45) is 0 Å². The first kappa shape index (κ1) is 19.1. The summed E-state index contributed by atoms with van der Waals surface area (Å²) in [5.74, 6) is -0.0513. The number of rotatable bonds is 5. The molecule has 0 atom stereocenters.